The van der Waals surface area contributed by atoms with E-state index in [9.17, 15) is 0 Å². The zero-order chi connectivity index (χ0) is 16.7. The van der Waals surface area contributed by atoms with Gasteiger partial charge in [0, 0.05) is 0 Å². The second kappa shape index (κ2) is 8.11. The summed E-state index contributed by atoms with van der Waals surface area (Å²) in [6.45, 7) is 16.5. The normalized spacial score (nSPS) is 10.1. The van der Waals surface area contributed by atoms with Gasteiger partial charge in [-0.05, 0) is 33.4 Å². The van der Waals surface area contributed by atoms with Crippen molar-refractivity contribution in [3.63, 3.8) is 0 Å². The van der Waals surface area contributed by atoms with Crippen LogP contribution in [0.25, 0.3) is 24.3 Å². The molecule has 1 nitrogen and oxygen atoms in total. The Morgan fingerprint density at radius 2 is 1.09 bits per heavy atom. The lowest BCUT2D eigenvalue weighted by atomic mass is 10.0. The van der Waals surface area contributed by atoms with Gasteiger partial charge < -0.3 is 4.74 Å². The highest BCUT2D eigenvalue weighted by Gasteiger charge is 2.06. The van der Waals surface area contributed by atoms with Gasteiger partial charge in [-0.1, -0.05) is 87.0 Å². The van der Waals surface area contributed by atoms with Crippen molar-refractivity contribution < 1.29 is 4.74 Å². The average Bonchev–Trinajstić information content (AvgIpc) is 2.60. The van der Waals surface area contributed by atoms with Crippen LogP contribution in [-0.4, -0.2) is 0 Å². The Kier molecular flexibility index (Phi) is 5.90. The van der Waals surface area contributed by atoms with Gasteiger partial charge in [0.05, 0.1) is 13.2 Å². The molecule has 0 aromatic heterocycles. The largest absolute Gasteiger partial charge is 0.372 e. The van der Waals surface area contributed by atoms with Crippen LogP contribution in [0.2, 0.25) is 0 Å². The smallest absolute Gasteiger partial charge is 0.0727 e. The zero-order valence-corrected chi connectivity index (χ0v) is 13.4. The first-order valence-electron chi connectivity index (χ1n) is 7.56. The maximum absolute atomic E-state index is 5.93. The van der Waals surface area contributed by atoms with Crippen LogP contribution in [0.3, 0.4) is 0 Å². The summed E-state index contributed by atoms with van der Waals surface area (Å²) in [4.78, 5) is 0. The molecule has 0 aliphatic carbocycles. The first-order chi connectivity index (χ1) is 11.2. The molecule has 0 bridgehead atoms. The molecule has 0 unspecified atom stereocenters. The summed E-state index contributed by atoms with van der Waals surface area (Å²) in [5.74, 6) is 0. The number of ether oxygens (including phenoxy) is 1. The van der Waals surface area contributed by atoms with Gasteiger partial charge >= 0.3 is 0 Å². The van der Waals surface area contributed by atoms with Crippen LogP contribution in [-0.2, 0) is 18.0 Å². The fraction of sp³-hybridized carbons (Fsp3) is 0.0909. The fourth-order valence-corrected chi connectivity index (χ4v) is 2.64. The fourth-order valence-electron chi connectivity index (χ4n) is 2.64. The van der Waals surface area contributed by atoms with Crippen molar-refractivity contribution in [3.05, 3.63) is 96.1 Å². The van der Waals surface area contributed by atoms with Gasteiger partial charge in [0.1, 0.15) is 0 Å². The van der Waals surface area contributed by atoms with E-state index in [1.165, 1.54) is 0 Å². The van der Waals surface area contributed by atoms with Crippen molar-refractivity contribution in [2.24, 2.45) is 0 Å². The van der Waals surface area contributed by atoms with Crippen LogP contribution in [0.5, 0.6) is 0 Å². The number of hydrogen-bond donors (Lipinski definition) is 0. The van der Waals surface area contributed by atoms with E-state index in [0.717, 1.165) is 33.4 Å². The summed E-state index contributed by atoms with van der Waals surface area (Å²) in [6, 6.07) is 12.2. The molecule has 0 N–H and O–H groups in total. The van der Waals surface area contributed by atoms with Gasteiger partial charge in [-0.25, -0.2) is 0 Å². The summed E-state index contributed by atoms with van der Waals surface area (Å²) in [6.07, 6.45) is 7.38. The SMILES string of the molecule is C=Cc1cccc(COCc2cccc(C=C)c2C=C)c1C=C. The maximum Gasteiger partial charge on any atom is 0.0727 e. The van der Waals surface area contributed by atoms with Gasteiger partial charge in [0.25, 0.3) is 0 Å². The van der Waals surface area contributed by atoms with Crippen LogP contribution in [0.4, 0.5) is 0 Å². The summed E-state index contributed by atoms with van der Waals surface area (Å²) < 4.78 is 5.93. The molecule has 0 saturated heterocycles. The minimum Gasteiger partial charge on any atom is -0.372 e. The topological polar surface area (TPSA) is 9.23 Å². The number of hydrogen-bond acceptors (Lipinski definition) is 1. The van der Waals surface area contributed by atoms with Gasteiger partial charge in [0.15, 0.2) is 0 Å². The van der Waals surface area contributed by atoms with Crippen LogP contribution in [0.15, 0.2) is 62.7 Å². The van der Waals surface area contributed by atoms with E-state index in [1.807, 2.05) is 48.6 Å². The summed E-state index contributed by atoms with van der Waals surface area (Å²) in [5, 5.41) is 0. The number of rotatable bonds is 8. The Bertz CT molecular complexity index is 674. The molecular weight excluding hydrogens is 280 g/mol. The molecular formula is C22H22O. The van der Waals surface area contributed by atoms with E-state index >= 15 is 0 Å². The number of benzene rings is 2. The minimum absolute atomic E-state index is 0.526. The lowest BCUT2D eigenvalue weighted by molar-refractivity contribution is 0.107. The maximum atomic E-state index is 5.93. The Hall–Kier alpha value is -2.64. The van der Waals surface area contributed by atoms with E-state index in [-0.39, 0.29) is 0 Å². The van der Waals surface area contributed by atoms with Gasteiger partial charge in [0.2, 0.25) is 0 Å². The second-order valence-electron chi connectivity index (χ2n) is 5.15. The summed E-state index contributed by atoms with van der Waals surface area (Å²) in [7, 11) is 0. The highest BCUT2D eigenvalue weighted by molar-refractivity contribution is 5.67. The van der Waals surface area contributed by atoms with Gasteiger partial charge in [-0.3, -0.25) is 0 Å². The van der Waals surface area contributed by atoms with Crippen molar-refractivity contribution in [2.75, 3.05) is 0 Å². The third-order valence-corrected chi connectivity index (χ3v) is 3.82. The quantitative estimate of drug-likeness (QED) is 0.583. The Balaban J connectivity index is 2.15. The first-order valence-corrected chi connectivity index (χ1v) is 7.56. The second-order valence-corrected chi connectivity index (χ2v) is 5.15. The molecule has 0 aliphatic heterocycles. The molecule has 0 amide bonds. The lowest BCUT2D eigenvalue weighted by Gasteiger charge is -2.12. The molecule has 0 aliphatic rings. The van der Waals surface area contributed by atoms with Crippen molar-refractivity contribution in [3.8, 4) is 0 Å². The Morgan fingerprint density at radius 3 is 1.43 bits per heavy atom. The van der Waals surface area contributed by atoms with Crippen molar-refractivity contribution >= 4 is 24.3 Å². The predicted octanol–water partition coefficient (Wildman–Crippen LogP) is 5.98. The molecule has 0 heterocycles. The summed E-state index contributed by atoms with van der Waals surface area (Å²) >= 11 is 0. The molecule has 0 atom stereocenters. The van der Waals surface area contributed by atoms with E-state index in [4.69, 9.17) is 4.74 Å². The van der Waals surface area contributed by atoms with Crippen LogP contribution < -0.4 is 0 Å². The van der Waals surface area contributed by atoms with E-state index in [1.54, 1.807) is 0 Å². The lowest BCUT2D eigenvalue weighted by Crippen LogP contribution is -2.00. The Labute approximate surface area is 138 Å². The molecule has 1 heteroatoms. The summed E-state index contributed by atoms with van der Waals surface area (Å²) in [5.41, 5.74) is 6.51. The molecule has 23 heavy (non-hydrogen) atoms. The van der Waals surface area contributed by atoms with Crippen molar-refractivity contribution in [1.82, 2.24) is 0 Å². The Morgan fingerprint density at radius 1 is 0.652 bits per heavy atom. The molecule has 0 saturated carbocycles. The van der Waals surface area contributed by atoms with E-state index in [2.05, 4.69) is 38.4 Å². The highest BCUT2D eigenvalue weighted by atomic mass is 16.5. The van der Waals surface area contributed by atoms with E-state index < -0.39 is 0 Å². The average molecular weight is 302 g/mol. The third kappa shape index (κ3) is 3.77. The standard InChI is InChI=1S/C22H22O/c1-5-17-11-9-13-19(21(17)7-3)15-23-16-20-14-10-12-18(6-2)22(20)8-4/h5-14H,1-4,15-16H2. The zero-order valence-electron chi connectivity index (χ0n) is 13.4. The first kappa shape index (κ1) is 16.7. The van der Waals surface area contributed by atoms with Crippen LogP contribution in [0, 0.1) is 0 Å². The molecule has 0 spiro atoms. The highest BCUT2D eigenvalue weighted by Crippen LogP contribution is 2.21. The van der Waals surface area contributed by atoms with Crippen molar-refractivity contribution in [1.29, 1.82) is 0 Å². The molecule has 116 valence electrons. The van der Waals surface area contributed by atoms with Gasteiger partial charge in [-0.2, -0.15) is 0 Å². The molecule has 2 rings (SSSR count). The molecule has 2 aromatic carbocycles. The van der Waals surface area contributed by atoms with Crippen LogP contribution in [0.1, 0.15) is 33.4 Å². The third-order valence-electron chi connectivity index (χ3n) is 3.82. The molecule has 0 fully saturated rings. The monoisotopic (exact) mass is 302 g/mol. The van der Waals surface area contributed by atoms with Crippen molar-refractivity contribution in [2.45, 2.75) is 13.2 Å². The molecule has 0 radical (unpaired) electrons. The van der Waals surface area contributed by atoms with Gasteiger partial charge in [-0.15, -0.1) is 0 Å². The van der Waals surface area contributed by atoms with E-state index in [0.29, 0.717) is 13.2 Å². The predicted molar refractivity (Wildman–Crippen MR) is 102 cm³/mol. The van der Waals surface area contributed by atoms with Crippen LogP contribution >= 0.6 is 0 Å². The minimum atomic E-state index is 0.526. The molecule has 2 aromatic rings.